The van der Waals surface area contributed by atoms with Crippen LogP contribution in [0.2, 0.25) is 0 Å². The molecule has 0 aliphatic heterocycles. The number of carbonyl (C=O) groups excluding carboxylic acids is 1. The molecule has 0 atom stereocenters. The predicted octanol–water partition coefficient (Wildman–Crippen LogP) is 0.772. The minimum absolute atomic E-state index is 0.451. The van der Waals surface area contributed by atoms with Crippen molar-refractivity contribution in [2.75, 3.05) is 0 Å². The van der Waals surface area contributed by atoms with Crippen molar-refractivity contribution in [3.05, 3.63) is 45.2 Å². The van der Waals surface area contributed by atoms with Crippen LogP contribution in [0.5, 0.6) is 0 Å². The summed E-state index contributed by atoms with van der Waals surface area (Å²) in [7, 11) is 1.50. The van der Waals surface area contributed by atoms with Gasteiger partial charge in [-0.15, -0.1) is 4.91 Å². The van der Waals surface area contributed by atoms with Gasteiger partial charge in [0.15, 0.2) is 5.34 Å². The number of benzene rings is 1. The van der Waals surface area contributed by atoms with Crippen molar-refractivity contribution in [2.45, 2.75) is 0 Å². The third-order valence-corrected chi connectivity index (χ3v) is 2.30. The van der Waals surface area contributed by atoms with E-state index in [2.05, 4.69) is 9.82 Å². The minimum atomic E-state index is -1.16. The summed E-state index contributed by atoms with van der Waals surface area (Å²) < 4.78 is 1.25. The first-order valence-corrected chi connectivity index (χ1v) is 4.65. The highest BCUT2D eigenvalue weighted by atomic mass is 16.7. The number of fused-ring (bicyclic) bond motifs is 1. The summed E-state index contributed by atoms with van der Waals surface area (Å²) in [6.45, 7) is 0. The fourth-order valence-electron chi connectivity index (χ4n) is 1.49. The van der Waals surface area contributed by atoms with Gasteiger partial charge in [-0.1, -0.05) is 12.1 Å². The largest absolute Gasteiger partial charge is 0.393 e. The Kier molecular flexibility index (Phi) is 2.65. The minimum Gasteiger partial charge on any atom is -0.308 e. The Labute approximate surface area is 94.6 Å². The van der Waals surface area contributed by atoms with Gasteiger partial charge in [0.2, 0.25) is 5.69 Å². The molecule has 0 amide bonds. The van der Waals surface area contributed by atoms with E-state index in [-0.39, 0.29) is 0 Å². The molecule has 7 heteroatoms. The molecule has 17 heavy (non-hydrogen) atoms. The summed E-state index contributed by atoms with van der Waals surface area (Å²) in [6, 6.07) is 6.79. The van der Waals surface area contributed by atoms with Crippen molar-refractivity contribution in [1.82, 2.24) is 9.55 Å². The van der Waals surface area contributed by atoms with Gasteiger partial charge >= 0.3 is 5.97 Å². The number of nitrogens with zero attached hydrogens (tertiary/aromatic N) is 3. The summed E-state index contributed by atoms with van der Waals surface area (Å²) in [6.07, 6.45) is 0. The molecule has 1 heterocycles. The highest BCUT2D eigenvalue weighted by Crippen LogP contribution is 2.08. The third-order valence-electron chi connectivity index (χ3n) is 2.30. The topological polar surface area (TPSA) is 90.6 Å². The fraction of sp³-hybridized carbons (Fsp3) is 0.100. The van der Waals surface area contributed by atoms with E-state index < -0.39 is 17.2 Å². The molecule has 0 saturated carbocycles. The van der Waals surface area contributed by atoms with Crippen molar-refractivity contribution in [3.63, 3.8) is 0 Å². The van der Waals surface area contributed by atoms with Crippen molar-refractivity contribution in [1.29, 1.82) is 0 Å². The van der Waals surface area contributed by atoms with Crippen molar-refractivity contribution < 1.29 is 9.63 Å². The van der Waals surface area contributed by atoms with E-state index in [0.29, 0.717) is 11.0 Å². The number of aromatic nitrogens is 2. The highest BCUT2D eigenvalue weighted by molar-refractivity contribution is 5.89. The SMILES string of the molecule is Cn1c(=O)c(C(=O)ON=O)nc2ccccc21. The van der Waals surface area contributed by atoms with Crippen molar-refractivity contribution >= 4 is 17.0 Å². The molecule has 0 saturated heterocycles. The van der Waals surface area contributed by atoms with Crippen molar-refractivity contribution in [2.24, 2.45) is 12.4 Å². The van der Waals surface area contributed by atoms with Crippen molar-refractivity contribution in [3.8, 4) is 0 Å². The number of aryl methyl sites for hydroxylation is 1. The second-order valence-electron chi connectivity index (χ2n) is 3.27. The highest BCUT2D eigenvalue weighted by Gasteiger charge is 2.18. The molecule has 2 aromatic rings. The first-order valence-electron chi connectivity index (χ1n) is 4.65. The van der Waals surface area contributed by atoms with Gasteiger partial charge in [0.25, 0.3) is 5.56 Å². The summed E-state index contributed by atoms with van der Waals surface area (Å²) in [5, 5.41) is 1.98. The Bertz CT molecular complexity index is 662. The van der Waals surface area contributed by atoms with Crippen LogP contribution in [-0.4, -0.2) is 15.5 Å². The lowest BCUT2D eigenvalue weighted by Crippen LogP contribution is -2.27. The maximum Gasteiger partial charge on any atom is 0.393 e. The van der Waals surface area contributed by atoms with E-state index in [4.69, 9.17) is 0 Å². The summed E-state index contributed by atoms with van der Waals surface area (Å²) >= 11 is 0. The van der Waals surface area contributed by atoms with Gasteiger partial charge in [-0.25, -0.2) is 9.78 Å². The van der Waals surface area contributed by atoms with Crippen LogP contribution >= 0.6 is 0 Å². The first-order chi connectivity index (χ1) is 8.15. The molecular formula is C10H7N3O4. The first kappa shape index (κ1) is 10.9. The molecule has 0 unspecified atom stereocenters. The van der Waals surface area contributed by atoms with Gasteiger partial charge in [0, 0.05) is 7.05 Å². The van der Waals surface area contributed by atoms with E-state index in [1.54, 1.807) is 24.3 Å². The Hall–Kier alpha value is -2.57. The van der Waals surface area contributed by atoms with Gasteiger partial charge in [-0.05, 0) is 12.1 Å². The normalized spacial score (nSPS) is 10.2. The fourth-order valence-corrected chi connectivity index (χ4v) is 1.49. The Morgan fingerprint density at radius 1 is 1.41 bits per heavy atom. The monoisotopic (exact) mass is 233 g/mol. The van der Waals surface area contributed by atoms with Crippen LogP contribution in [0.3, 0.4) is 0 Å². The molecule has 0 aliphatic carbocycles. The van der Waals surface area contributed by atoms with Crippen LogP contribution in [0, 0.1) is 4.91 Å². The second-order valence-corrected chi connectivity index (χ2v) is 3.27. The van der Waals surface area contributed by atoms with Gasteiger partial charge < -0.3 is 4.57 Å². The molecule has 7 nitrogen and oxygen atoms in total. The molecular weight excluding hydrogens is 226 g/mol. The van der Waals surface area contributed by atoms with Crippen LogP contribution in [0.4, 0.5) is 0 Å². The Balaban J connectivity index is 2.74. The zero-order chi connectivity index (χ0) is 12.4. The lowest BCUT2D eigenvalue weighted by Gasteiger charge is -2.05. The predicted molar refractivity (Wildman–Crippen MR) is 58.2 cm³/mol. The lowest BCUT2D eigenvalue weighted by molar-refractivity contribution is 0.0499. The number of hydrogen-bond donors (Lipinski definition) is 0. The third kappa shape index (κ3) is 1.78. The zero-order valence-corrected chi connectivity index (χ0v) is 8.78. The molecule has 1 aromatic heterocycles. The van der Waals surface area contributed by atoms with Crippen LogP contribution in [0.15, 0.2) is 34.4 Å². The summed E-state index contributed by atoms with van der Waals surface area (Å²) in [5.41, 5.74) is -0.0799. The summed E-state index contributed by atoms with van der Waals surface area (Å²) in [5.74, 6) is -1.16. The number of carbonyl (C=O) groups is 1. The number of rotatable bonds is 2. The average molecular weight is 233 g/mol. The van der Waals surface area contributed by atoms with Crippen LogP contribution in [-0.2, 0) is 11.9 Å². The second kappa shape index (κ2) is 4.12. The van der Waals surface area contributed by atoms with Gasteiger partial charge in [0.1, 0.15) is 0 Å². The van der Waals surface area contributed by atoms with Gasteiger partial charge in [-0.2, -0.15) is 0 Å². The van der Waals surface area contributed by atoms with E-state index in [1.165, 1.54) is 11.6 Å². The van der Waals surface area contributed by atoms with E-state index in [0.717, 1.165) is 0 Å². The van der Waals surface area contributed by atoms with E-state index >= 15 is 0 Å². The molecule has 2 rings (SSSR count). The molecule has 0 radical (unpaired) electrons. The van der Waals surface area contributed by atoms with Crippen LogP contribution in [0.25, 0.3) is 11.0 Å². The Morgan fingerprint density at radius 3 is 2.82 bits per heavy atom. The lowest BCUT2D eigenvalue weighted by atomic mass is 10.3. The van der Waals surface area contributed by atoms with Gasteiger partial charge in [0.05, 0.1) is 11.0 Å². The number of hydrogen-bond acceptors (Lipinski definition) is 6. The average Bonchev–Trinajstić information content (AvgIpc) is 2.34. The Morgan fingerprint density at radius 2 is 2.12 bits per heavy atom. The molecule has 0 fully saturated rings. The molecule has 86 valence electrons. The standard InChI is InChI=1S/C10H7N3O4/c1-13-7-5-3-2-4-6(7)11-8(9(13)14)10(15)17-12-16/h2-5H,1H3. The quantitative estimate of drug-likeness (QED) is 0.564. The number of para-hydroxylation sites is 2. The maximum absolute atomic E-state index is 11.8. The zero-order valence-electron chi connectivity index (χ0n) is 8.78. The van der Waals surface area contributed by atoms with Crippen LogP contribution in [0.1, 0.15) is 10.5 Å². The summed E-state index contributed by atoms with van der Waals surface area (Å²) in [4.78, 5) is 40.6. The molecule has 0 bridgehead atoms. The molecule has 0 aliphatic rings. The van der Waals surface area contributed by atoms with E-state index in [1.807, 2.05) is 5.34 Å². The maximum atomic E-state index is 11.8. The smallest absolute Gasteiger partial charge is 0.308 e. The van der Waals surface area contributed by atoms with Gasteiger partial charge in [-0.3, -0.25) is 9.63 Å². The molecule has 1 aromatic carbocycles. The van der Waals surface area contributed by atoms with E-state index in [9.17, 15) is 14.5 Å². The van der Waals surface area contributed by atoms with Crippen LogP contribution < -0.4 is 5.56 Å². The molecule has 0 spiro atoms. The molecule has 0 N–H and O–H groups in total.